The minimum Gasteiger partial charge on any atom is -0.349 e. The van der Waals surface area contributed by atoms with Crippen LogP contribution < -0.4 is 5.32 Å². The van der Waals surface area contributed by atoms with Crippen LogP contribution in [0.5, 0.6) is 0 Å². The Hall–Kier alpha value is -1.49. The molecule has 2 rings (SSSR count). The average Bonchev–Trinajstić information content (AvgIpc) is 2.45. The lowest BCUT2D eigenvalue weighted by molar-refractivity contribution is -0.128. The minimum absolute atomic E-state index is 0.138. The highest BCUT2D eigenvalue weighted by atomic mass is 16.2. The molecule has 0 aromatic carbocycles. The highest BCUT2D eigenvalue weighted by Gasteiger charge is 2.17. The van der Waals surface area contributed by atoms with Crippen LogP contribution in [-0.4, -0.2) is 41.4 Å². The zero-order valence-electron chi connectivity index (χ0n) is 12.6. The summed E-state index contributed by atoms with van der Waals surface area (Å²) in [6.45, 7) is 2.98. The van der Waals surface area contributed by atoms with E-state index in [0.717, 1.165) is 30.2 Å². The van der Waals surface area contributed by atoms with Gasteiger partial charge < -0.3 is 10.2 Å². The molecular weight excluding hydrogens is 252 g/mol. The van der Waals surface area contributed by atoms with Crippen LogP contribution in [0, 0.1) is 6.92 Å². The van der Waals surface area contributed by atoms with Gasteiger partial charge in [-0.05, 0) is 38.8 Å². The van der Waals surface area contributed by atoms with Gasteiger partial charge in [0.05, 0.1) is 5.69 Å². The largest absolute Gasteiger partial charge is 0.349 e. The molecule has 1 atom stereocenters. The molecule has 110 valence electrons. The summed E-state index contributed by atoms with van der Waals surface area (Å²) >= 11 is 0. The Labute approximate surface area is 120 Å². The van der Waals surface area contributed by atoms with Crippen molar-refractivity contribution >= 4 is 5.91 Å². The summed E-state index contributed by atoms with van der Waals surface area (Å²) in [4.78, 5) is 22.3. The predicted molar refractivity (Wildman–Crippen MR) is 78.4 cm³/mol. The van der Waals surface area contributed by atoms with Crippen LogP contribution in [-0.2, 0) is 11.2 Å². The van der Waals surface area contributed by atoms with E-state index in [1.807, 2.05) is 6.92 Å². The van der Waals surface area contributed by atoms with Crippen molar-refractivity contribution in [3.63, 3.8) is 0 Å². The normalized spacial score (nSPS) is 18.9. The van der Waals surface area contributed by atoms with Crippen molar-refractivity contribution in [2.24, 2.45) is 0 Å². The van der Waals surface area contributed by atoms with Gasteiger partial charge in [0.25, 0.3) is 0 Å². The zero-order chi connectivity index (χ0) is 14.5. The van der Waals surface area contributed by atoms with Crippen LogP contribution >= 0.6 is 0 Å². The second kappa shape index (κ2) is 6.79. The summed E-state index contributed by atoms with van der Waals surface area (Å²) in [6, 6.07) is 2.40. The van der Waals surface area contributed by atoms with Crippen molar-refractivity contribution in [1.29, 1.82) is 0 Å². The topological polar surface area (TPSA) is 58.1 Å². The molecule has 0 aliphatic carbocycles. The summed E-state index contributed by atoms with van der Waals surface area (Å²) < 4.78 is 0. The Kier molecular flexibility index (Phi) is 5.06. The first-order valence-corrected chi connectivity index (χ1v) is 7.34. The molecule has 0 spiro atoms. The van der Waals surface area contributed by atoms with E-state index in [0.29, 0.717) is 18.9 Å². The quantitative estimate of drug-likeness (QED) is 0.908. The molecule has 0 unspecified atom stereocenters. The molecular formula is C15H24N4O. The van der Waals surface area contributed by atoms with E-state index in [4.69, 9.17) is 0 Å². The van der Waals surface area contributed by atoms with Crippen LogP contribution in [0.15, 0.2) is 6.07 Å². The molecule has 1 N–H and O–H groups in total. The molecule has 1 saturated heterocycles. The number of amides is 1. The molecule has 1 aliphatic rings. The number of aromatic nitrogens is 2. The van der Waals surface area contributed by atoms with Gasteiger partial charge in [-0.25, -0.2) is 9.97 Å². The fourth-order valence-corrected chi connectivity index (χ4v) is 2.52. The Balaban J connectivity index is 2.06. The second-order valence-electron chi connectivity index (χ2n) is 5.62. The first kappa shape index (κ1) is 14.9. The van der Waals surface area contributed by atoms with Gasteiger partial charge in [-0.2, -0.15) is 0 Å². The third-order valence-corrected chi connectivity index (χ3v) is 3.67. The van der Waals surface area contributed by atoms with Crippen molar-refractivity contribution in [2.75, 3.05) is 20.6 Å². The van der Waals surface area contributed by atoms with Gasteiger partial charge in [0.2, 0.25) is 5.91 Å². The molecule has 2 heterocycles. The van der Waals surface area contributed by atoms with Crippen molar-refractivity contribution in [3.05, 3.63) is 23.3 Å². The van der Waals surface area contributed by atoms with Crippen LogP contribution in [0.3, 0.4) is 0 Å². The fourth-order valence-electron chi connectivity index (χ4n) is 2.52. The number of nitrogens with one attached hydrogen (secondary N) is 1. The van der Waals surface area contributed by atoms with E-state index in [2.05, 4.69) is 21.4 Å². The van der Waals surface area contributed by atoms with Crippen LogP contribution in [0.25, 0.3) is 0 Å². The number of hydrogen-bond acceptors (Lipinski definition) is 4. The molecule has 0 radical (unpaired) electrons. The number of carbonyl (C=O) groups is 1. The molecule has 1 aliphatic heterocycles. The number of aryl methyl sites for hydroxylation is 2. The lowest BCUT2D eigenvalue weighted by Gasteiger charge is -2.23. The Morgan fingerprint density at radius 1 is 1.40 bits per heavy atom. The van der Waals surface area contributed by atoms with Crippen LogP contribution in [0.1, 0.15) is 48.9 Å². The van der Waals surface area contributed by atoms with Gasteiger partial charge >= 0.3 is 0 Å². The zero-order valence-corrected chi connectivity index (χ0v) is 12.6. The first-order valence-electron chi connectivity index (χ1n) is 7.34. The molecule has 1 fully saturated rings. The summed E-state index contributed by atoms with van der Waals surface area (Å²) in [5.41, 5.74) is 2.04. The van der Waals surface area contributed by atoms with Gasteiger partial charge in [0, 0.05) is 32.3 Å². The third kappa shape index (κ3) is 4.00. The van der Waals surface area contributed by atoms with E-state index < -0.39 is 0 Å². The lowest BCUT2D eigenvalue weighted by Crippen LogP contribution is -2.28. The number of hydrogen-bond donors (Lipinski definition) is 1. The van der Waals surface area contributed by atoms with E-state index in [-0.39, 0.29) is 5.91 Å². The summed E-state index contributed by atoms with van der Waals surface area (Å²) in [6.07, 6.45) is 4.80. The molecule has 1 aromatic rings. The summed E-state index contributed by atoms with van der Waals surface area (Å²) in [5.74, 6) is 0.931. The molecule has 20 heavy (non-hydrogen) atoms. The van der Waals surface area contributed by atoms with E-state index in [9.17, 15) is 4.79 Å². The van der Waals surface area contributed by atoms with Gasteiger partial charge in [0.1, 0.15) is 5.82 Å². The standard InChI is InChI=1S/C15H24N4O/c1-11-17-12(7-8-15(20)19(2)3)10-14(18-11)13-6-4-5-9-16-13/h10,13,16H,4-9H2,1-3H3/t13-/m0/s1. The van der Waals surface area contributed by atoms with E-state index in [1.54, 1.807) is 19.0 Å². The highest BCUT2D eigenvalue weighted by Crippen LogP contribution is 2.22. The summed E-state index contributed by atoms with van der Waals surface area (Å²) in [5, 5.41) is 3.51. The maximum Gasteiger partial charge on any atom is 0.222 e. The minimum atomic E-state index is 0.138. The number of carbonyl (C=O) groups excluding carboxylic acids is 1. The third-order valence-electron chi connectivity index (χ3n) is 3.67. The monoisotopic (exact) mass is 276 g/mol. The van der Waals surface area contributed by atoms with Crippen molar-refractivity contribution < 1.29 is 4.79 Å². The van der Waals surface area contributed by atoms with Crippen LogP contribution in [0.2, 0.25) is 0 Å². The maximum atomic E-state index is 11.7. The number of nitrogens with zero attached hydrogens (tertiary/aromatic N) is 3. The maximum absolute atomic E-state index is 11.7. The lowest BCUT2D eigenvalue weighted by atomic mass is 10.0. The summed E-state index contributed by atoms with van der Waals surface area (Å²) in [7, 11) is 3.57. The van der Waals surface area contributed by atoms with E-state index >= 15 is 0 Å². The van der Waals surface area contributed by atoms with Crippen molar-refractivity contribution in [2.45, 2.75) is 45.1 Å². The molecule has 1 aromatic heterocycles. The van der Waals surface area contributed by atoms with Gasteiger partial charge in [0.15, 0.2) is 0 Å². The van der Waals surface area contributed by atoms with Gasteiger partial charge in [-0.15, -0.1) is 0 Å². The first-order chi connectivity index (χ1) is 9.56. The highest BCUT2D eigenvalue weighted by molar-refractivity contribution is 5.75. The molecule has 5 nitrogen and oxygen atoms in total. The Bertz CT molecular complexity index is 467. The van der Waals surface area contributed by atoms with Gasteiger partial charge in [-0.1, -0.05) is 6.42 Å². The molecule has 0 saturated carbocycles. The van der Waals surface area contributed by atoms with Crippen LogP contribution in [0.4, 0.5) is 0 Å². The van der Waals surface area contributed by atoms with E-state index in [1.165, 1.54) is 12.8 Å². The number of piperidine rings is 1. The predicted octanol–water partition coefficient (Wildman–Crippen LogP) is 1.62. The Morgan fingerprint density at radius 3 is 2.85 bits per heavy atom. The Morgan fingerprint density at radius 2 is 2.20 bits per heavy atom. The SMILES string of the molecule is Cc1nc(CCC(=O)N(C)C)cc([C@@H]2CCCCN2)n1. The average molecular weight is 276 g/mol. The smallest absolute Gasteiger partial charge is 0.222 e. The fraction of sp³-hybridized carbons (Fsp3) is 0.667. The van der Waals surface area contributed by atoms with Crippen molar-refractivity contribution in [1.82, 2.24) is 20.2 Å². The van der Waals surface area contributed by atoms with Crippen molar-refractivity contribution in [3.8, 4) is 0 Å². The molecule has 1 amide bonds. The second-order valence-corrected chi connectivity index (χ2v) is 5.62. The molecule has 5 heteroatoms. The molecule has 0 bridgehead atoms. The van der Waals surface area contributed by atoms with Gasteiger partial charge in [-0.3, -0.25) is 4.79 Å². The number of rotatable bonds is 4.